The fraction of sp³-hybridized carbons (Fsp3) is 0. The van der Waals surface area contributed by atoms with Crippen molar-refractivity contribution >= 4 is 30.9 Å². The van der Waals surface area contributed by atoms with Crippen LogP contribution in [-0.4, -0.2) is 23.1 Å². The Morgan fingerprint density at radius 1 is 1.33 bits per heavy atom. The molecule has 0 unspecified atom stereocenters. The third kappa shape index (κ3) is 12.3. The monoisotopic (exact) mass is 202 g/mol. The van der Waals surface area contributed by atoms with Crippen LogP contribution in [0.2, 0.25) is 0 Å². The molecule has 48 valence electrons. The maximum absolute atomic E-state index is 9.34. The third-order valence-corrected chi connectivity index (χ3v) is 2.06. The summed E-state index contributed by atoms with van der Waals surface area (Å²) in [5.41, 5.74) is 0. The Morgan fingerprint density at radius 3 is 1.67 bits per heavy atom. The van der Waals surface area contributed by atoms with Gasteiger partial charge >= 0.3 is 71.4 Å². The summed E-state index contributed by atoms with van der Waals surface area (Å²) in [5.74, 6) is 0. The zero-order chi connectivity index (χ0) is 6.78. The van der Waals surface area contributed by atoms with Gasteiger partial charge in [0, 0.05) is 0 Å². The van der Waals surface area contributed by atoms with E-state index in [1.807, 2.05) is 0 Å². The molecule has 0 heterocycles. The predicted octanol–water partition coefficient (Wildman–Crippen LogP) is -2.32. The Morgan fingerprint density at radius 2 is 1.67 bits per heavy atom. The van der Waals surface area contributed by atoms with Crippen LogP contribution in [0.25, 0.3) is 0 Å². The van der Waals surface area contributed by atoms with Gasteiger partial charge in [-0.15, -0.1) is 0 Å². The quantitative estimate of drug-likeness (QED) is 0.367. The second-order valence-corrected chi connectivity index (χ2v) is 3.27. The van der Waals surface area contributed by atoms with E-state index in [9.17, 15) is 21.7 Å². The first-order valence-corrected chi connectivity index (χ1v) is 4.45. The first-order chi connectivity index (χ1) is 3.42. The molecule has 9 heteroatoms. The summed E-state index contributed by atoms with van der Waals surface area (Å²) >= 11 is -4.24. The van der Waals surface area contributed by atoms with Crippen molar-refractivity contribution in [3.05, 3.63) is 0 Å². The van der Waals surface area contributed by atoms with Gasteiger partial charge < -0.3 is 0 Å². The molecule has 0 atom stereocenters. The van der Waals surface area contributed by atoms with Crippen LogP contribution in [0.15, 0.2) is 0 Å². The van der Waals surface area contributed by atoms with Gasteiger partial charge in [-0.2, -0.15) is 0 Å². The summed E-state index contributed by atoms with van der Waals surface area (Å²) in [6.45, 7) is 0. The van der Waals surface area contributed by atoms with E-state index in [2.05, 4.69) is 3.45 Å². The Hall–Kier alpha value is 1.06. The Labute approximate surface area is 71.3 Å². The molecule has 0 fully saturated rings. The van der Waals surface area contributed by atoms with E-state index in [0.717, 1.165) is 0 Å². The van der Waals surface area contributed by atoms with E-state index in [0.29, 0.717) is 0 Å². The first-order valence-electron chi connectivity index (χ1n) is 1.28. The fourth-order valence-electron chi connectivity index (χ4n) is 0.0816. The number of hydrogen-bond acceptors (Lipinski definition) is 6. The van der Waals surface area contributed by atoms with E-state index in [-0.39, 0.29) is 23.1 Å². The summed E-state index contributed by atoms with van der Waals surface area (Å²) in [5, 5.41) is 0. The second-order valence-electron chi connectivity index (χ2n) is 0.752. The zero-order valence-electron chi connectivity index (χ0n) is 4.05. The van der Waals surface area contributed by atoms with Crippen LogP contribution in [0.1, 0.15) is 0 Å². The van der Waals surface area contributed by atoms with Crippen molar-refractivity contribution in [3.63, 3.8) is 0 Å². The SMILES string of the molecule is [Mg+2].[O]=[V](=[O])[O]P(=O)([O-])[O-]. The van der Waals surface area contributed by atoms with Crippen molar-refractivity contribution in [1.29, 1.82) is 0 Å². The van der Waals surface area contributed by atoms with Crippen molar-refractivity contribution in [1.82, 2.24) is 0 Å². The normalized spacial score (nSPS) is 10.0. The van der Waals surface area contributed by atoms with Gasteiger partial charge in [0.05, 0.1) is 0 Å². The molecule has 0 aromatic heterocycles. The number of hydrogen-bond donors (Lipinski definition) is 0. The van der Waals surface area contributed by atoms with Crippen molar-refractivity contribution in [2.45, 2.75) is 0 Å². The van der Waals surface area contributed by atoms with Crippen molar-refractivity contribution in [2.75, 3.05) is 0 Å². The van der Waals surface area contributed by atoms with Gasteiger partial charge in [-0.05, 0) is 0 Å². The van der Waals surface area contributed by atoms with Crippen LogP contribution in [0.5, 0.6) is 0 Å². The van der Waals surface area contributed by atoms with E-state index >= 15 is 0 Å². The van der Waals surface area contributed by atoms with Crippen LogP contribution >= 0.6 is 7.82 Å². The molecule has 0 saturated heterocycles. The average molecular weight is 202 g/mol. The average Bonchev–Trinajstić information content (AvgIpc) is 1.21. The van der Waals surface area contributed by atoms with E-state index in [1.165, 1.54) is 0 Å². The molecule has 0 bridgehead atoms. The fourth-order valence-corrected chi connectivity index (χ4v) is 1.01. The Balaban J connectivity index is 0. The van der Waals surface area contributed by atoms with Crippen LogP contribution in [-0.2, 0) is 30.8 Å². The van der Waals surface area contributed by atoms with Gasteiger partial charge in [0.2, 0.25) is 0 Å². The molecule has 0 aromatic carbocycles. The molecular weight excluding hydrogens is 202 g/mol. The molecule has 0 aliphatic carbocycles. The molecule has 0 N–H and O–H groups in total. The molecule has 0 aliphatic rings. The van der Waals surface area contributed by atoms with Gasteiger partial charge in [0.25, 0.3) is 0 Å². The topological polar surface area (TPSA) is 107 Å². The molecule has 6 nitrogen and oxygen atoms in total. The predicted molar refractivity (Wildman–Crippen MR) is 15.8 cm³/mol. The first kappa shape index (κ1) is 12.7. The van der Waals surface area contributed by atoms with Crippen LogP contribution in [0, 0.1) is 0 Å². The summed E-state index contributed by atoms with van der Waals surface area (Å²) < 4.78 is 30.9. The molecule has 9 heavy (non-hydrogen) atoms. The van der Waals surface area contributed by atoms with Gasteiger partial charge in [0.15, 0.2) is 0 Å². The maximum atomic E-state index is 9.34. The van der Waals surface area contributed by atoms with Crippen molar-refractivity contribution < 1.29 is 40.5 Å². The van der Waals surface area contributed by atoms with Crippen LogP contribution in [0.4, 0.5) is 0 Å². The zero-order valence-corrected chi connectivity index (χ0v) is 7.76. The number of phosphoric acid groups is 1. The second kappa shape index (κ2) is 4.81. The van der Waals surface area contributed by atoms with E-state index < -0.39 is 23.2 Å². The summed E-state index contributed by atoms with van der Waals surface area (Å²) in [6, 6.07) is 0. The minimum atomic E-state index is -5.28. The minimum absolute atomic E-state index is 0. The van der Waals surface area contributed by atoms with Crippen LogP contribution in [0.3, 0.4) is 0 Å². The molecule has 0 radical (unpaired) electrons. The molecule has 0 saturated carbocycles. The summed E-state index contributed by atoms with van der Waals surface area (Å²) in [4.78, 5) is 18.7. The molecule has 0 rings (SSSR count). The van der Waals surface area contributed by atoms with E-state index in [1.54, 1.807) is 0 Å². The van der Waals surface area contributed by atoms with Gasteiger partial charge in [0.1, 0.15) is 0 Å². The van der Waals surface area contributed by atoms with Crippen molar-refractivity contribution in [3.8, 4) is 0 Å². The molecule has 0 aliphatic heterocycles. The van der Waals surface area contributed by atoms with Gasteiger partial charge in [-0.1, -0.05) is 0 Å². The summed E-state index contributed by atoms with van der Waals surface area (Å²) in [6.07, 6.45) is 0. The number of rotatable bonds is 2. The van der Waals surface area contributed by atoms with Gasteiger partial charge in [-0.25, -0.2) is 0 Å². The Kier molecular flexibility index (Phi) is 6.80. The molecule has 0 spiro atoms. The Bertz CT molecular complexity index is 167. The van der Waals surface area contributed by atoms with E-state index in [4.69, 9.17) is 0 Å². The summed E-state index contributed by atoms with van der Waals surface area (Å²) in [7, 11) is -5.28. The standard InChI is InChI=1S/Mg.H3O4P.2O.V/c;1-5(2,3)4;;;/h;(H3,1,2,3,4);;;/q+2;;;;+1/p-3. The van der Waals surface area contributed by atoms with Crippen molar-refractivity contribution in [2.24, 2.45) is 0 Å². The molecule has 0 aromatic rings. The van der Waals surface area contributed by atoms with Gasteiger partial charge in [-0.3, -0.25) is 0 Å². The molecular formula is MgO6PV. The van der Waals surface area contributed by atoms with Crippen LogP contribution < -0.4 is 9.79 Å². The third-order valence-electron chi connectivity index (χ3n) is 0.167. The molecule has 0 amide bonds.